The van der Waals surface area contributed by atoms with Crippen molar-refractivity contribution in [1.29, 1.82) is 0 Å². The highest BCUT2D eigenvalue weighted by molar-refractivity contribution is 7.92. The topological polar surface area (TPSA) is 78.8 Å². The Bertz CT molecular complexity index is 1300. The van der Waals surface area contributed by atoms with Crippen LogP contribution < -0.4 is 9.73 Å². The number of sulfonamides is 1. The first-order valence-electron chi connectivity index (χ1n) is 11.4. The monoisotopic (exact) mass is 491 g/mol. The zero-order valence-corrected chi connectivity index (χ0v) is 22.0. The molecule has 0 aromatic heterocycles. The van der Waals surface area contributed by atoms with Crippen LogP contribution in [0.3, 0.4) is 0 Å². The zero-order chi connectivity index (χ0) is 25.8. The summed E-state index contributed by atoms with van der Waals surface area (Å²) in [4.78, 5) is 12.6. The van der Waals surface area contributed by atoms with Gasteiger partial charge >= 0.3 is 0 Å². The number of aryl methyl sites for hydroxylation is 1. The molecule has 184 valence electrons. The maximum Gasteiger partial charge on any atom is 0.271 e. The minimum Gasteiger partial charge on any atom is -0.267 e. The van der Waals surface area contributed by atoms with Crippen LogP contribution in [0.25, 0.3) is 0 Å². The second kappa shape index (κ2) is 10.4. The third kappa shape index (κ3) is 7.02. The van der Waals surface area contributed by atoms with Crippen molar-refractivity contribution in [2.75, 3.05) is 10.6 Å². The van der Waals surface area contributed by atoms with Gasteiger partial charge in [0, 0.05) is 5.56 Å². The Morgan fingerprint density at radius 3 is 1.94 bits per heavy atom. The van der Waals surface area contributed by atoms with Gasteiger partial charge in [-0.15, -0.1) is 0 Å². The van der Waals surface area contributed by atoms with Crippen molar-refractivity contribution in [1.82, 2.24) is 5.43 Å². The minimum atomic E-state index is -3.51. The Morgan fingerprint density at radius 1 is 0.886 bits per heavy atom. The largest absolute Gasteiger partial charge is 0.271 e. The van der Waals surface area contributed by atoms with Crippen LogP contribution in [0.5, 0.6) is 0 Å². The first kappa shape index (κ1) is 26.2. The van der Waals surface area contributed by atoms with E-state index in [4.69, 9.17) is 0 Å². The van der Waals surface area contributed by atoms with E-state index in [-0.39, 0.29) is 17.9 Å². The molecule has 7 heteroatoms. The van der Waals surface area contributed by atoms with Crippen molar-refractivity contribution >= 4 is 27.3 Å². The van der Waals surface area contributed by atoms with Gasteiger partial charge in [0.05, 0.1) is 24.2 Å². The maximum atomic E-state index is 12.6. The summed E-state index contributed by atoms with van der Waals surface area (Å²) in [6.07, 6.45) is 1.17. The molecule has 0 aliphatic carbocycles. The molecular formula is C28H33N3O3S. The summed E-state index contributed by atoms with van der Waals surface area (Å²) in [6.45, 7) is 10.5. The van der Waals surface area contributed by atoms with E-state index < -0.39 is 10.0 Å². The average molecular weight is 492 g/mol. The van der Waals surface area contributed by atoms with E-state index in [2.05, 4.69) is 43.4 Å². The molecule has 3 rings (SSSR count). The Labute approximate surface area is 208 Å². The van der Waals surface area contributed by atoms with Gasteiger partial charge in [-0.1, -0.05) is 74.9 Å². The normalized spacial score (nSPS) is 12.3. The van der Waals surface area contributed by atoms with E-state index in [0.29, 0.717) is 17.0 Å². The number of benzene rings is 3. The number of hydrogen-bond donors (Lipinski definition) is 1. The molecule has 0 bridgehead atoms. The van der Waals surface area contributed by atoms with Gasteiger partial charge in [0.25, 0.3) is 5.91 Å². The molecule has 0 saturated heterocycles. The first-order chi connectivity index (χ1) is 16.3. The molecule has 3 aromatic rings. The molecule has 0 aliphatic rings. The Balaban J connectivity index is 1.71. The number of anilines is 1. The molecule has 0 atom stereocenters. The summed E-state index contributed by atoms with van der Waals surface area (Å²) in [5.74, 6) is -0.369. The first-order valence-corrected chi connectivity index (χ1v) is 13.3. The molecule has 0 spiro atoms. The number of hydrogen-bond acceptors (Lipinski definition) is 4. The van der Waals surface area contributed by atoms with Gasteiger partial charge in [0.2, 0.25) is 10.0 Å². The van der Waals surface area contributed by atoms with Crippen molar-refractivity contribution in [3.63, 3.8) is 0 Å². The molecule has 1 N–H and O–H groups in total. The lowest BCUT2D eigenvalue weighted by molar-refractivity contribution is 0.0955. The number of amides is 1. The molecular weight excluding hydrogens is 458 g/mol. The SMILES string of the molecule is C/C(=N/NC(=O)c1ccc(N(Cc2ccc(C)cc2)S(C)(=O)=O)cc1)c1ccc(C(C)(C)C)cc1. The minimum absolute atomic E-state index is 0.0663. The van der Waals surface area contributed by atoms with Crippen LogP contribution in [-0.4, -0.2) is 26.3 Å². The third-order valence-corrected chi connectivity index (χ3v) is 6.90. The van der Waals surface area contributed by atoms with E-state index in [0.717, 1.165) is 16.7 Å². The lowest BCUT2D eigenvalue weighted by Crippen LogP contribution is -2.29. The lowest BCUT2D eigenvalue weighted by Gasteiger charge is -2.23. The van der Waals surface area contributed by atoms with Crippen molar-refractivity contribution in [2.45, 2.75) is 46.6 Å². The summed E-state index contributed by atoms with van der Waals surface area (Å²) in [5.41, 5.74) is 8.35. The van der Waals surface area contributed by atoms with E-state index in [9.17, 15) is 13.2 Å². The fraction of sp³-hybridized carbons (Fsp3) is 0.286. The van der Waals surface area contributed by atoms with Crippen LogP contribution in [0, 0.1) is 6.92 Å². The van der Waals surface area contributed by atoms with Crippen LogP contribution in [0.1, 0.15) is 60.3 Å². The van der Waals surface area contributed by atoms with Gasteiger partial charge < -0.3 is 0 Å². The molecule has 0 saturated carbocycles. The summed E-state index contributed by atoms with van der Waals surface area (Å²) >= 11 is 0. The van der Waals surface area contributed by atoms with Crippen LogP contribution in [0.4, 0.5) is 5.69 Å². The van der Waals surface area contributed by atoms with Gasteiger partial charge in [0.15, 0.2) is 0 Å². The smallest absolute Gasteiger partial charge is 0.267 e. The van der Waals surface area contributed by atoms with Gasteiger partial charge in [-0.25, -0.2) is 13.8 Å². The van der Waals surface area contributed by atoms with Gasteiger partial charge in [-0.2, -0.15) is 5.10 Å². The molecule has 35 heavy (non-hydrogen) atoms. The molecule has 0 unspecified atom stereocenters. The van der Waals surface area contributed by atoms with Crippen LogP contribution >= 0.6 is 0 Å². The molecule has 1 amide bonds. The van der Waals surface area contributed by atoms with Crippen molar-refractivity contribution in [3.8, 4) is 0 Å². The number of carbonyl (C=O) groups is 1. The number of carbonyl (C=O) groups excluding carboxylic acids is 1. The predicted octanol–water partition coefficient (Wildman–Crippen LogP) is 5.41. The number of nitrogens with zero attached hydrogens (tertiary/aromatic N) is 2. The highest BCUT2D eigenvalue weighted by Crippen LogP contribution is 2.23. The number of rotatable bonds is 7. The van der Waals surface area contributed by atoms with Crippen molar-refractivity contribution in [3.05, 3.63) is 101 Å². The zero-order valence-electron chi connectivity index (χ0n) is 21.2. The fourth-order valence-electron chi connectivity index (χ4n) is 3.51. The Hall–Kier alpha value is -3.45. The Morgan fingerprint density at radius 2 is 1.43 bits per heavy atom. The fourth-order valence-corrected chi connectivity index (χ4v) is 4.40. The van der Waals surface area contributed by atoms with Crippen LogP contribution in [-0.2, 0) is 22.0 Å². The molecule has 0 aliphatic heterocycles. The van der Waals surface area contributed by atoms with E-state index in [1.54, 1.807) is 24.3 Å². The standard InChI is InChI=1S/C28H33N3O3S/c1-20-7-9-22(10-8-20)19-31(35(6,33)34)26-17-13-24(14-18-26)27(32)30-29-21(2)23-11-15-25(16-12-23)28(3,4)5/h7-18H,19H2,1-6H3,(H,30,32)/b29-21-. The van der Waals surface area contributed by atoms with Crippen molar-refractivity contribution in [2.24, 2.45) is 5.10 Å². The summed E-state index contributed by atoms with van der Waals surface area (Å²) in [7, 11) is -3.51. The average Bonchev–Trinajstić information content (AvgIpc) is 2.81. The maximum absolute atomic E-state index is 12.6. The molecule has 0 radical (unpaired) electrons. The van der Waals surface area contributed by atoms with Crippen molar-refractivity contribution < 1.29 is 13.2 Å². The second-order valence-corrected chi connectivity index (χ2v) is 11.7. The molecule has 0 fully saturated rings. The third-order valence-electron chi connectivity index (χ3n) is 5.76. The molecule has 6 nitrogen and oxygen atoms in total. The highest BCUT2D eigenvalue weighted by Gasteiger charge is 2.18. The summed E-state index contributed by atoms with van der Waals surface area (Å²) in [6, 6.07) is 22.3. The van der Waals surface area contributed by atoms with Gasteiger partial charge in [-0.05, 0) is 60.2 Å². The van der Waals surface area contributed by atoms with Gasteiger partial charge in [-0.3, -0.25) is 9.10 Å². The van der Waals surface area contributed by atoms with Crippen LogP contribution in [0.15, 0.2) is 77.9 Å². The second-order valence-electron chi connectivity index (χ2n) is 9.77. The van der Waals surface area contributed by atoms with E-state index in [1.165, 1.54) is 16.1 Å². The van der Waals surface area contributed by atoms with Crippen LogP contribution in [0.2, 0.25) is 0 Å². The number of hydrazone groups is 1. The quantitative estimate of drug-likeness (QED) is 0.354. The molecule has 3 aromatic carbocycles. The predicted molar refractivity (Wildman–Crippen MR) is 143 cm³/mol. The number of nitrogens with one attached hydrogen (secondary N) is 1. The Kier molecular flexibility index (Phi) is 7.80. The highest BCUT2D eigenvalue weighted by atomic mass is 32.2. The van der Waals surface area contributed by atoms with Gasteiger partial charge in [0.1, 0.15) is 0 Å². The summed E-state index contributed by atoms with van der Waals surface area (Å²) in [5, 5.41) is 4.23. The molecule has 0 heterocycles. The van der Waals surface area contributed by atoms with E-state index in [1.807, 2.05) is 50.2 Å². The summed E-state index contributed by atoms with van der Waals surface area (Å²) < 4.78 is 26.2. The lowest BCUT2D eigenvalue weighted by atomic mass is 9.86. The van der Waals surface area contributed by atoms with E-state index >= 15 is 0 Å².